The van der Waals surface area contributed by atoms with E-state index in [-0.39, 0.29) is 25.0 Å². The monoisotopic (exact) mass is 580 g/mol. The largest absolute Gasteiger partial charge is 0.497 e. The molecular formula is C31H37BrN2O4. The molecule has 0 heterocycles. The predicted octanol–water partition coefficient (Wildman–Crippen LogP) is 6.01. The number of carbonyl (C=O) groups is 2. The molecule has 38 heavy (non-hydrogen) atoms. The van der Waals surface area contributed by atoms with Gasteiger partial charge in [-0.2, -0.15) is 0 Å². The number of aryl methyl sites for hydroxylation is 2. The quantitative estimate of drug-likeness (QED) is 0.319. The van der Waals surface area contributed by atoms with E-state index in [9.17, 15) is 9.59 Å². The second-order valence-electron chi connectivity index (χ2n) is 10.5. The topological polar surface area (TPSA) is 67.9 Å². The Morgan fingerprint density at radius 3 is 2.16 bits per heavy atom. The number of hydrogen-bond acceptors (Lipinski definition) is 4. The van der Waals surface area contributed by atoms with Crippen LogP contribution in [-0.2, 0) is 22.6 Å². The number of nitrogens with zero attached hydrogens (tertiary/aromatic N) is 1. The van der Waals surface area contributed by atoms with Gasteiger partial charge in [0.2, 0.25) is 5.91 Å². The number of benzene rings is 3. The number of methoxy groups -OCH3 is 1. The molecule has 0 aromatic heterocycles. The number of rotatable bonds is 10. The highest BCUT2D eigenvalue weighted by Gasteiger charge is 2.32. The van der Waals surface area contributed by atoms with Crippen molar-refractivity contribution in [3.8, 4) is 11.5 Å². The smallest absolute Gasteiger partial charge is 0.261 e. The summed E-state index contributed by atoms with van der Waals surface area (Å²) in [6, 6.07) is 20.3. The van der Waals surface area contributed by atoms with Gasteiger partial charge in [0.25, 0.3) is 5.91 Å². The van der Waals surface area contributed by atoms with E-state index in [0.717, 1.165) is 26.7 Å². The Balaban J connectivity index is 1.96. The number of amides is 2. The van der Waals surface area contributed by atoms with Crippen molar-refractivity contribution in [3.63, 3.8) is 0 Å². The minimum Gasteiger partial charge on any atom is -0.497 e. The zero-order valence-electron chi connectivity index (χ0n) is 23.0. The van der Waals surface area contributed by atoms with Crippen molar-refractivity contribution < 1.29 is 19.1 Å². The zero-order chi connectivity index (χ0) is 27.9. The molecule has 202 valence electrons. The van der Waals surface area contributed by atoms with Crippen LogP contribution in [0.3, 0.4) is 0 Å². The van der Waals surface area contributed by atoms with Gasteiger partial charge in [-0.1, -0.05) is 58.4 Å². The molecule has 0 saturated carbocycles. The summed E-state index contributed by atoms with van der Waals surface area (Å²) in [5, 5.41) is 3.07. The van der Waals surface area contributed by atoms with Gasteiger partial charge >= 0.3 is 0 Å². The lowest BCUT2D eigenvalue weighted by molar-refractivity contribution is -0.143. The Bertz CT molecular complexity index is 1230. The maximum atomic E-state index is 13.8. The predicted molar refractivity (Wildman–Crippen MR) is 154 cm³/mol. The molecule has 0 aliphatic carbocycles. The summed E-state index contributed by atoms with van der Waals surface area (Å²) in [6.45, 7) is 9.78. The van der Waals surface area contributed by atoms with Gasteiger partial charge in [0.15, 0.2) is 6.61 Å². The molecule has 3 aromatic rings. The van der Waals surface area contributed by atoms with Gasteiger partial charge in [0.1, 0.15) is 17.5 Å². The van der Waals surface area contributed by atoms with Gasteiger partial charge in [-0.25, -0.2) is 0 Å². The highest BCUT2D eigenvalue weighted by Crippen LogP contribution is 2.26. The van der Waals surface area contributed by atoms with E-state index in [1.807, 2.05) is 101 Å². The van der Waals surface area contributed by atoms with Crippen molar-refractivity contribution in [2.45, 2.75) is 59.2 Å². The molecule has 7 heteroatoms. The van der Waals surface area contributed by atoms with Crippen molar-refractivity contribution in [1.29, 1.82) is 0 Å². The molecule has 1 N–H and O–H groups in total. The number of halogens is 1. The van der Waals surface area contributed by atoms with Crippen molar-refractivity contribution in [2.24, 2.45) is 0 Å². The van der Waals surface area contributed by atoms with E-state index in [4.69, 9.17) is 9.47 Å². The van der Waals surface area contributed by atoms with Crippen LogP contribution in [0.1, 0.15) is 43.0 Å². The molecule has 0 radical (unpaired) electrons. The normalized spacial score (nSPS) is 12.0. The van der Waals surface area contributed by atoms with Gasteiger partial charge in [-0.05, 0) is 81.1 Å². The van der Waals surface area contributed by atoms with Gasteiger partial charge < -0.3 is 19.7 Å². The SMILES string of the molecule is COc1cccc(CN(C(=O)COc2cc(C)c(Br)c(C)c2)[C@@H](Cc2ccccc2)C(=O)NC(C)(C)C)c1. The van der Waals surface area contributed by atoms with E-state index in [2.05, 4.69) is 21.2 Å². The van der Waals surface area contributed by atoms with Crippen LogP contribution >= 0.6 is 15.9 Å². The van der Waals surface area contributed by atoms with Crippen LogP contribution in [-0.4, -0.2) is 42.0 Å². The average Bonchev–Trinajstić information content (AvgIpc) is 2.87. The molecule has 0 saturated heterocycles. The lowest BCUT2D eigenvalue weighted by Gasteiger charge is -2.33. The van der Waals surface area contributed by atoms with Crippen LogP contribution in [0.15, 0.2) is 71.2 Å². The molecule has 0 bridgehead atoms. The van der Waals surface area contributed by atoms with Crippen LogP contribution in [0.4, 0.5) is 0 Å². The van der Waals surface area contributed by atoms with Crippen LogP contribution in [0.5, 0.6) is 11.5 Å². The molecule has 0 aliphatic heterocycles. The Labute approximate surface area is 234 Å². The Morgan fingerprint density at radius 2 is 1.55 bits per heavy atom. The van der Waals surface area contributed by atoms with Crippen LogP contribution in [0.25, 0.3) is 0 Å². The van der Waals surface area contributed by atoms with Gasteiger partial charge in [-0.3, -0.25) is 9.59 Å². The van der Waals surface area contributed by atoms with Crippen molar-refractivity contribution >= 4 is 27.7 Å². The molecule has 2 amide bonds. The third kappa shape index (κ3) is 8.35. The van der Waals surface area contributed by atoms with E-state index in [1.165, 1.54) is 0 Å². The fourth-order valence-corrected chi connectivity index (χ4v) is 4.42. The Kier molecular flexibility index (Phi) is 9.97. The summed E-state index contributed by atoms with van der Waals surface area (Å²) in [6.07, 6.45) is 0.370. The third-order valence-electron chi connectivity index (χ3n) is 6.03. The molecule has 3 aromatic carbocycles. The number of nitrogens with one attached hydrogen (secondary N) is 1. The molecular weight excluding hydrogens is 544 g/mol. The molecule has 0 fully saturated rings. The summed E-state index contributed by atoms with van der Waals surface area (Å²) in [5.41, 5.74) is 3.40. The summed E-state index contributed by atoms with van der Waals surface area (Å²) in [4.78, 5) is 29.1. The standard InChI is InChI=1S/C31H37BrN2O4/c1-21-15-26(16-22(2)29(21)32)38-20-28(35)34(19-24-13-10-14-25(17-24)37-6)27(30(36)33-31(3,4)5)18-23-11-8-7-9-12-23/h7-17,27H,18-20H2,1-6H3,(H,33,36)/t27-/m0/s1. The fourth-order valence-electron chi connectivity index (χ4n) is 4.19. The molecule has 0 unspecified atom stereocenters. The first-order valence-corrected chi connectivity index (χ1v) is 13.4. The maximum absolute atomic E-state index is 13.8. The summed E-state index contributed by atoms with van der Waals surface area (Å²) in [7, 11) is 1.60. The van der Waals surface area contributed by atoms with Crippen molar-refractivity contribution in [2.75, 3.05) is 13.7 Å². The number of ether oxygens (including phenoxy) is 2. The van der Waals surface area contributed by atoms with E-state index >= 15 is 0 Å². The molecule has 3 rings (SSSR count). The fraction of sp³-hybridized carbons (Fsp3) is 0.355. The second kappa shape index (κ2) is 13.0. The molecule has 6 nitrogen and oxygen atoms in total. The van der Waals surface area contributed by atoms with E-state index in [1.54, 1.807) is 12.0 Å². The minimum absolute atomic E-state index is 0.196. The average molecular weight is 582 g/mol. The maximum Gasteiger partial charge on any atom is 0.261 e. The van der Waals surface area contributed by atoms with Crippen molar-refractivity contribution in [1.82, 2.24) is 10.2 Å². The first-order valence-electron chi connectivity index (χ1n) is 12.6. The summed E-state index contributed by atoms with van der Waals surface area (Å²) in [5.74, 6) is 0.798. The first-order chi connectivity index (χ1) is 18.0. The van der Waals surface area contributed by atoms with E-state index < -0.39 is 11.6 Å². The Hall–Kier alpha value is -3.32. The first kappa shape index (κ1) is 29.2. The Morgan fingerprint density at radius 1 is 0.921 bits per heavy atom. The van der Waals surface area contributed by atoms with Crippen LogP contribution in [0, 0.1) is 13.8 Å². The van der Waals surface area contributed by atoms with E-state index in [0.29, 0.717) is 17.9 Å². The van der Waals surface area contributed by atoms with Crippen molar-refractivity contribution in [3.05, 3.63) is 93.5 Å². The minimum atomic E-state index is -0.743. The lowest BCUT2D eigenvalue weighted by atomic mass is 10.0. The van der Waals surface area contributed by atoms with Gasteiger partial charge in [0.05, 0.1) is 7.11 Å². The molecule has 0 aliphatic rings. The lowest BCUT2D eigenvalue weighted by Crippen LogP contribution is -2.55. The summed E-state index contributed by atoms with van der Waals surface area (Å²) >= 11 is 3.57. The zero-order valence-corrected chi connectivity index (χ0v) is 24.6. The molecule has 1 atom stereocenters. The number of carbonyl (C=O) groups excluding carboxylic acids is 2. The highest BCUT2D eigenvalue weighted by molar-refractivity contribution is 9.10. The number of hydrogen-bond donors (Lipinski definition) is 1. The van der Waals surface area contributed by atoms with Crippen LogP contribution in [0.2, 0.25) is 0 Å². The van der Waals surface area contributed by atoms with Gasteiger partial charge in [0, 0.05) is 23.0 Å². The van der Waals surface area contributed by atoms with Crippen LogP contribution < -0.4 is 14.8 Å². The summed E-state index contributed by atoms with van der Waals surface area (Å²) < 4.78 is 12.4. The second-order valence-corrected chi connectivity index (χ2v) is 11.3. The highest BCUT2D eigenvalue weighted by atomic mass is 79.9. The third-order valence-corrected chi connectivity index (χ3v) is 7.28. The van der Waals surface area contributed by atoms with Gasteiger partial charge in [-0.15, -0.1) is 0 Å². The molecule has 0 spiro atoms.